The highest BCUT2D eigenvalue weighted by atomic mass is 16.2. The summed E-state index contributed by atoms with van der Waals surface area (Å²) in [6.45, 7) is 15.7. The van der Waals surface area contributed by atoms with Gasteiger partial charge in [-0.25, -0.2) is 4.68 Å². The third-order valence-corrected chi connectivity index (χ3v) is 4.30. The fraction of sp³-hybridized carbons (Fsp3) is 0.579. The van der Waals surface area contributed by atoms with Gasteiger partial charge in [0.1, 0.15) is 5.82 Å². The minimum Gasteiger partial charge on any atom is -0.304 e. The lowest BCUT2D eigenvalue weighted by Gasteiger charge is -2.22. The summed E-state index contributed by atoms with van der Waals surface area (Å²) in [6, 6.07) is 1.83. The third kappa shape index (κ3) is 3.71. The second kappa shape index (κ2) is 6.37. The SMILES string of the molecule is Cc1nn(C)c(C)c1C(=O)C(=O)Nc1cc(C(C)(C)C)nn1C(C)(C)C. The summed E-state index contributed by atoms with van der Waals surface area (Å²) in [4.78, 5) is 25.3. The predicted molar refractivity (Wildman–Crippen MR) is 102 cm³/mol. The van der Waals surface area contributed by atoms with Gasteiger partial charge in [-0.1, -0.05) is 20.8 Å². The number of nitrogens with one attached hydrogen (secondary N) is 1. The number of amides is 1. The molecule has 0 aromatic carbocycles. The van der Waals surface area contributed by atoms with E-state index in [4.69, 9.17) is 0 Å². The second-order valence-corrected chi connectivity index (χ2v) is 8.70. The Bertz CT molecular complexity index is 860. The first-order valence-corrected chi connectivity index (χ1v) is 8.70. The molecule has 0 bridgehead atoms. The normalized spacial score (nSPS) is 12.3. The van der Waals surface area contributed by atoms with Crippen molar-refractivity contribution in [2.75, 3.05) is 5.32 Å². The highest BCUT2D eigenvalue weighted by Crippen LogP contribution is 2.28. The summed E-state index contributed by atoms with van der Waals surface area (Å²) in [6.07, 6.45) is 0. The molecule has 0 aliphatic carbocycles. The lowest BCUT2D eigenvalue weighted by Crippen LogP contribution is -2.30. The van der Waals surface area contributed by atoms with Crippen molar-refractivity contribution in [2.24, 2.45) is 7.05 Å². The number of anilines is 1. The van der Waals surface area contributed by atoms with Crippen molar-refractivity contribution in [1.29, 1.82) is 0 Å². The van der Waals surface area contributed by atoms with Crippen LogP contribution < -0.4 is 5.32 Å². The molecule has 0 atom stereocenters. The van der Waals surface area contributed by atoms with Crippen molar-refractivity contribution in [1.82, 2.24) is 19.6 Å². The summed E-state index contributed by atoms with van der Waals surface area (Å²) < 4.78 is 3.36. The van der Waals surface area contributed by atoms with Crippen LogP contribution in [0.1, 0.15) is 69.0 Å². The molecular formula is C19H29N5O2. The average Bonchev–Trinajstić information content (AvgIpc) is 3.00. The van der Waals surface area contributed by atoms with Crippen LogP contribution in [0.5, 0.6) is 0 Å². The van der Waals surface area contributed by atoms with E-state index in [-0.39, 0.29) is 11.0 Å². The molecule has 7 heteroatoms. The van der Waals surface area contributed by atoms with Gasteiger partial charge in [0.2, 0.25) is 0 Å². The molecule has 2 aromatic rings. The summed E-state index contributed by atoms with van der Waals surface area (Å²) in [7, 11) is 1.75. The Morgan fingerprint density at radius 1 is 1.04 bits per heavy atom. The molecule has 0 saturated heterocycles. The van der Waals surface area contributed by atoms with Gasteiger partial charge in [0.25, 0.3) is 11.7 Å². The maximum absolute atomic E-state index is 12.7. The zero-order valence-electron chi connectivity index (χ0n) is 17.2. The van der Waals surface area contributed by atoms with Crippen LogP contribution in [-0.2, 0) is 22.8 Å². The Morgan fingerprint density at radius 3 is 2.04 bits per heavy atom. The minimum absolute atomic E-state index is 0.170. The largest absolute Gasteiger partial charge is 0.304 e. The Morgan fingerprint density at radius 2 is 1.62 bits per heavy atom. The molecule has 0 radical (unpaired) electrons. The fourth-order valence-electron chi connectivity index (χ4n) is 2.74. The van der Waals surface area contributed by atoms with Crippen LogP contribution >= 0.6 is 0 Å². The lowest BCUT2D eigenvalue weighted by atomic mass is 9.92. The number of hydrogen-bond donors (Lipinski definition) is 1. The lowest BCUT2D eigenvalue weighted by molar-refractivity contribution is -0.112. The first kappa shape index (κ1) is 19.9. The van der Waals surface area contributed by atoms with Crippen molar-refractivity contribution in [2.45, 2.75) is 66.3 Å². The first-order chi connectivity index (χ1) is 11.7. The van der Waals surface area contributed by atoms with Crippen LogP contribution in [-0.4, -0.2) is 31.3 Å². The molecule has 2 rings (SSSR count). The van der Waals surface area contributed by atoms with Gasteiger partial charge in [0, 0.05) is 24.2 Å². The minimum atomic E-state index is -0.685. The molecule has 1 N–H and O–H groups in total. The van der Waals surface area contributed by atoms with Crippen LogP contribution in [0, 0.1) is 13.8 Å². The molecule has 0 fully saturated rings. The maximum atomic E-state index is 12.7. The van der Waals surface area contributed by atoms with E-state index in [0.29, 0.717) is 22.8 Å². The van der Waals surface area contributed by atoms with E-state index in [2.05, 4.69) is 36.3 Å². The van der Waals surface area contributed by atoms with Gasteiger partial charge in [-0.15, -0.1) is 0 Å². The van der Waals surface area contributed by atoms with Crippen LogP contribution in [0.4, 0.5) is 5.82 Å². The van der Waals surface area contributed by atoms with Crippen molar-refractivity contribution in [3.63, 3.8) is 0 Å². The van der Waals surface area contributed by atoms with E-state index in [1.165, 1.54) is 0 Å². The van der Waals surface area contributed by atoms with Gasteiger partial charge < -0.3 is 5.32 Å². The van der Waals surface area contributed by atoms with Crippen LogP contribution in [0.25, 0.3) is 0 Å². The molecular weight excluding hydrogens is 330 g/mol. The number of hydrogen-bond acceptors (Lipinski definition) is 4. The highest BCUT2D eigenvalue weighted by molar-refractivity contribution is 6.47. The van der Waals surface area contributed by atoms with Crippen molar-refractivity contribution in [3.05, 3.63) is 28.7 Å². The molecule has 0 unspecified atom stereocenters. The van der Waals surface area contributed by atoms with Gasteiger partial charge >= 0.3 is 0 Å². The second-order valence-electron chi connectivity index (χ2n) is 8.70. The number of rotatable bonds is 3. The summed E-state index contributed by atoms with van der Waals surface area (Å²) in [5.74, 6) is -0.762. The van der Waals surface area contributed by atoms with E-state index in [9.17, 15) is 9.59 Å². The van der Waals surface area contributed by atoms with Gasteiger partial charge in [-0.3, -0.25) is 14.3 Å². The van der Waals surface area contributed by atoms with Crippen molar-refractivity contribution in [3.8, 4) is 0 Å². The Labute approximate surface area is 154 Å². The topological polar surface area (TPSA) is 81.8 Å². The van der Waals surface area contributed by atoms with Gasteiger partial charge in [-0.2, -0.15) is 10.2 Å². The smallest absolute Gasteiger partial charge is 0.298 e. The Hall–Kier alpha value is -2.44. The molecule has 7 nitrogen and oxygen atoms in total. The molecule has 26 heavy (non-hydrogen) atoms. The number of carbonyl (C=O) groups is 2. The molecule has 0 spiro atoms. The highest BCUT2D eigenvalue weighted by Gasteiger charge is 2.29. The number of aryl methyl sites for hydroxylation is 2. The van der Waals surface area contributed by atoms with Crippen LogP contribution in [0.2, 0.25) is 0 Å². The number of nitrogens with zero attached hydrogens (tertiary/aromatic N) is 4. The quantitative estimate of drug-likeness (QED) is 0.674. The fourth-order valence-corrected chi connectivity index (χ4v) is 2.74. The standard InChI is InChI=1S/C19H29N5O2/c1-11-15(12(2)23(9)21-11)16(25)17(26)20-14-10-13(18(3,4)5)22-24(14)19(6,7)8/h10H,1-9H3,(H,20,26). The molecule has 2 heterocycles. The summed E-state index contributed by atoms with van der Waals surface area (Å²) in [5.41, 5.74) is 1.91. The third-order valence-electron chi connectivity index (χ3n) is 4.30. The summed E-state index contributed by atoms with van der Waals surface area (Å²) in [5, 5.41) is 11.6. The number of aromatic nitrogens is 4. The predicted octanol–water partition coefficient (Wildman–Crippen LogP) is 3.11. The molecule has 0 aliphatic heterocycles. The number of ketones is 1. The molecule has 0 saturated carbocycles. The monoisotopic (exact) mass is 359 g/mol. The zero-order chi connectivity index (χ0) is 20.0. The Balaban J connectivity index is 2.40. The van der Waals surface area contributed by atoms with Gasteiger partial charge in [-0.05, 0) is 34.6 Å². The average molecular weight is 359 g/mol. The number of Topliss-reactive ketones (excluding diaryl/α,β-unsaturated/α-hetero) is 1. The van der Waals surface area contributed by atoms with Gasteiger partial charge in [0.05, 0.1) is 22.5 Å². The molecule has 2 aromatic heterocycles. The number of carbonyl (C=O) groups excluding carboxylic acids is 2. The van der Waals surface area contributed by atoms with Crippen molar-refractivity contribution >= 4 is 17.5 Å². The van der Waals surface area contributed by atoms with E-state index in [0.717, 1.165) is 5.69 Å². The van der Waals surface area contributed by atoms with Crippen LogP contribution in [0.3, 0.4) is 0 Å². The Kier molecular flexibility index (Phi) is 4.87. The van der Waals surface area contributed by atoms with E-state index in [1.807, 2.05) is 26.8 Å². The summed E-state index contributed by atoms with van der Waals surface area (Å²) >= 11 is 0. The van der Waals surface area contributed by atoms with E-state index < -0.39 is 11.7 Å². The zero-order valence-corrected chi connectivity index (χ0v) is 17.2. The molecule has 0 aliphatic rings. The molecule has 1 amide bonds. The van der Waals surface area contributed by atoms with Crippen molar-refractivity contribution < 1.29 is 9.59 Å². The maximum Gasteiger partial charge on any atom is 0.298 e. The first-order valence-electron chi connectivity index (χ1n) is 8.70. The van der Waals surface area contributed by atoms with Gasteiger partial charge in [0.15, 0.2) is 0 Å². The molecule has 142 valence electrons. The van der Waals surface area contributed by atoms with E-state index >= 15 is 0 Å². The van der Waals surface area contributed by atoms with E-state index in [1.54, 1.807) is 30.3 Å². The van der Waals surface area contributed by atoms with Crippen LogP contribution in [0.15, 0.2) is 6.07 Å².